The molecule has 0 aromatic heterocycles. The van der Waals surface area contributed by atoms with E-state index in [1.54, 1.807) is 31.4 Å². The standard InChI is InChI=1S/C10H13NO2/c1-3-6-13-8-4-5-10(12-2)9(11)7-8/h3-5,7H,1,6,11H2,2H3. The van der Waals surface area contributed by atoms with Gasteiger partial charge in [0.1, 0.15) is 18.1 Å². The molecular formula is C10H13NO2. The van der Waals surface area contributed by atoms with Gasteiger partial charge in [-0.2, -0.15) is 0 Å². The minimum absolute atomic E-state index is 0.478. The molecule has 3 nitrogen and oxygen atoms in total. The van der Waals surface area contributed by atoms with E-state index in [0.29, 0.717) is 18.0 Å². The molecule has 3 heteroatoms. The van der Waals surface area contributed by atoms with E-state index in [1.165, 1.54) is 0 Å². The van der Waals surface area contributed by atoms with Gasteiger partial charge in [-0.1, -0.05) is 12.7 Å². The van der Waals surface area contributed by atoms with Crippen molar-refractivity contribution in [2.45, 2.75) is 0 Å². The van der Waals surface area contributed by atoms with Crippen LogP contribution in [0.15, 0.2) is 30.9 Å². The van der Waals surface area contributed by atoms with Crippen LogP contribution >= 0.6 is 0 Å². The van der Waals surface area contributed by atoms with E-state index in [4.69, 9.17) is 15.2 Å². The van der Waals surface area contributed by atoms with Gasteiger partial charge >= 0.3 is 0 Å². The highest BCUT2D eigenvalue weighted by molar-refractivity contribution is 5.56. The quantitative estimate of drug-likeness (QED) is 0.566. The molecule has 0 aliphatic rings. The summed E-state index contributed by atoms with van der Waals surface area (Å²) < 4.78 is 10.3. The highest BCUT2D eigenvalue weighted by atomic mass is 16.5. The summed E-state index contributed by atoms with van der Waals surface area (Å²) in [7, 11) is 1.58. The molecule has 2 N–H and O–H groups in total. The van der Waals surface area contributed by atoms with Crippen LogP contribution in [0.3, 0.4) is 0 Å². The zero-order valence-electron chi connectivity index (χ0n) is 7.62. The predicted octanol–water partition coefficient (Wildman–Crippen LogP) is 1.84. The highest BCUT2D eigenvalue weighted by Crippen LogP contribution is 2.25. The van der Waals surface area contributed by atoms with Crippen molar-refractivity contribution in [1.29, 1.82) is 0 Å². The fourth-order valence-corrected chi connectivity index (χ4v) is 0.957. The molecule has 13 heavy (non-hydrogen) atoms. The molecule has 0 spiro atoms. The van der Waals surface area contributed by atoms with Gasteiger partial charge in [0.15, 0.2) is 0 Å². The number of benzene rings is 1. The third kappa shape index (κ3) is 2.40. The number of anilines is 1. The first-order chi connectivity index (χ1) is 6.27. The summed E-state index contributed by atoms with van der Waals surface area (Å²) in [6.45, 7) is 4.03. The van der Waals surface area contributed by atoms with Gasteiger partial charge < -0.3 is 15.2 Å². The molecule has 0 aliphatic carbocycles. The molecule has 70 valence electrons. The summed E-state index contributed by atoms with van der Waals surface area (Å²) in [6.07, 6.45) is 1.68. The number of hydrogen-bond acceptors (Lipinski definition) is 3. The summed E-state index contributed by atoms with van der Waals surface area (Å²) in [6, 6.07) is 5.30. The van der Waals surface area contributed by atoms with E-state index in [0.717, 1.165) is 5.75 Å². The average molecular weight is 179 g/mol. The first-order valence-corrected chi connectivity index (χ1v) is 3.95. The van der Waals surface area contributed by atoms with Crippen LogP contribution in [0.4, 0.5) is 5.69 Å². The van der Waals surface area contributed by atoms with Gasteiger partial charge in [0.2, 0.25) is 0 Å². The van der Waals surface area contributed by atoms with Crippen molar-refractivity contribution in [3.8, 4) is 11.5 Å². The zero-order chi connectivity index (χ0) is 9.68. The minimum atomic E-state index is 0.478. The molecule has 0 unspecified atom stereocenters. The molecule has 1 aromatic carbocycles. The SMILES string of the molecule is C=CCOc1ccc(OC)c(N)c1. The lowest BCUT2D eigenvalue weighted by molar-refractivity contribution is 0.361. The number of methoxy groups -OCH3 is 1. The number of rotatable bonds is 4. The lowest BCUT2D eigenvalue weighted by atomic mass is 10.3. The third-order valence-electron chi connectivity index (χ3n) is 1.57. The van der Waals surface area contributed by atoms with Crippen molar-refractivity contribution in [1.82, 2.24) is 0 Å². The largest absolute Gasteiger partial charge is 0.495 e. The lowest BCUT2D eigenvalue weighted by Gasteiger charge is -2.07. The molecule has 0 radical (unpaired) electrons. The molecule has 0 amide bonds. The zero-order valence-corrected chi connectivity index (χ0v) is 7.62. The first-order valence-electron chi connectivity index (χ1n) is 3.95. The van der Waals surface area contributed by atoms with Crippen LogP contribution in [0.2, 0.25) is 0 Å². The fraction of sp³-hybridized carbons (Fsp3) is 0.200. The van der Waals surface area contributed by atoms with Crippen LogP contribution in [0.1, 0.15) is 0 Å². The van der Waals surface area contributed by atoms with E-state index < -0.39 is 0 Å². The second-order valence-corrected chi connectivity index (χ2v) is 2.50. The van der Waals surface area contributed by atoms with Gasteiger partial charge in [0.25, 0.3) is 0 Å². The number of nitrogens with two attached hydrogens (primary N) is 1. The van der Waals surface area contributed by atoms with Crippen molar-refractivity contribution >= 4 is 5.69 Å². The lowest BCUT2D eigenvalue weighted by Crippen LogP contribution is -1.96. The number of ether oxygens (including phenoxy) is 2. The van der Waals surface area contributed by atoms with Gasteiger partial charge in [-0.3, -0.25) is 0 Å². The topological polar surface area (TPSA) is 44.5 Å². The van der Waals surface area contributed by atoms with Gasteiger partial charge in [-0.15, -0.1) is 0 Å². The van der Waals surface area contributed by atoms with E-state index in [1.807, 2.05) is 0 Å². The van der Waals surface area contributed by atoms with Gasteiger partial charge in [0, 0.05) is 6.07 Å². The Bertz CT molecular complexity index is 297. The van der Waals surface area contributed by atoms with Crippen LogP contribution in [0.5, 0.6) is 11.5 Å². The Balaban J connectivity index is 2.76. The second kappa shape index (κ2) is 4.40. The molecule has 0 heterocycles. The first kappa shape index (κ1) is 9.45. The minimum Gasteiger partial charge on any atom is -0.495 e. The molecule has 0 aliphatic heterocycles. The summed E-state index contributed by atoms with van der Waals surface area (Å²) in [5.74, 6) is 1.38. The normalized spacial score (nSPS) is 9.31. The fourth-order valence-electron chi connectivity index (χ4n) is 0.957. The summed E-state index contributed by atoms with van der Waals surface area (Å²) >= 11 is 0. The Morgan fingerprint density at radius 2 is 2.31 bits per heavy atom. The van der Waals surface area contributed by atoms with Crippen molar-refractivity contribution in [3.05, 3.63) is 30.9 Å². The summed E-state index contributed by atoms with van der Waals surface area (Å²) in [5.41, 5.74) is 6.25. The monoisotopic (exact) mass is 179 g/mol. The molecule has 0 saturated heterocycles. The van der Waals surface area contributed by atoms with E-state index in [-0.39, 0.29) is 0 Å². The van der Waals surface area contributed by atoms with Crippen molar-refractivity contribution in [2.24, 2.45) is 0 Å². The maximum absolute atomic E-state index is 5.67. The molecular weight excluding hydrogens is 166 g/mol. The van der Waals surface area contributed by atoms with E-state index >= 15 is 0 Å². The summed E-state index contributed by atoms with van der Waals surface area (Å²) in [5, 5.41) is 0. The van der Waals surface area contributed by atoms with Crippen LogP contribution in [-0.4, -0.2) is 13.7 Å². The number of nitrogen functional groups attached to an aromatic ring is 1. The molecule has 0 bridgehead atoms. The predicted molar refractivity (Wildman–Crippen MR) is 53.1 cm³/mol. The van der Waals surface area contributed by atoms with Crippen molar-refractivity contribution in [3.63, 3.8) is 0 Å². The molecule has 1 rings (SSSR count). The Morgan fingerprint density at radius 1 is 1.54 bits per heavy atom. The van der Waals surface area contributed by atoms with Crippen LogP contribution in [-0.2, 0) is 0 Å². The Hall–Kier alpha value is -1.64. The molecule has 0 atom stereocenters. The summed E-state index contributed by atoms with van der Waals surface area (Å²) in [4.78, 5) is 0. The van der Waals surface area contributed by atoms with Crippen LogP contribution in [0.25, 0.3) is 0 Å². The maximum Gasteiger partial charge on any atom is 0.142 e. The third-order valence-corrected chi connectivity index (χ3v) is 1.57. The van der Waals surface area contributed by atoms with Crippen molar-refractivity contribution in [2.75, 3.05) is 19.5 Å². The Labute approximate surface area is 77.8 Å². The Morgan fingerprint density at radius 3 is 2.85 bits per heavy atom. The van der Waals surface area contributed by atoms with Gasteiger partial charge in [-0.05, 0) is 12.1 Å². The number of hydrogen-bond donors (Lipinski definition) is 1. The van der Waals surface area contributed by atoms with E-state index in [9.17, 15) is 0 Å². The molecule has 0 fully saturated rings. The van der Waals surface area contributed by atoms with Crippen molar-refractivity contribution < 1.29 is 9.47 Å². The van der Waals surface area contributed by atoms with E-state index in [2.05, 4.69) is 6.58 Å². The van der Waals surface area contributed by atoms with Gasteiger partial charge in [0.05, 0.1) is 12.8 Å². The molecule has 0 saturated carbocycles. The van der Waals surface area contributed by atoms with Gasteiger partial charge in [-0.25, -0.2) is 0 Å². The average Bonchev–Trinajstić information content (AvgIpc) is 2.15. The van der Waals surface area contributed by atoms with Crippen LogP contribution in [0, 0.1) is 0 Å². The molecule has 1 aromatic rings. The smallest absolute Gasteiger partial charge is 0.142 e. The van der Waals surface area contributed by atoms with Crippen LogP contribution < -0.4 is 15.2 Å². The maximum atomic E-state index is 5.67. The second-order valence-electron chi connectivity index (χ2n) is 2.50. The highest BCUT2D eigenvalue weighted by Gasteiger charge is 1.99. The Kier molecular flexibility index (Phi) is 3.20.